The van der Waals surface area contributed by atoms with Crippen molar-refractivity contribution in [3.8, 4) is 5.75 Å². The number of carbonyl (C=O) groups excluding carboxylic acids is 1. The van der Waals surface area contributed by atoms with E-state index in [4.69, 9.17) is 35.3 Å². The van der Waals surface area contributed by atoms with Crippen molar-refractivity contribution < 1.29 is 9.53 Å². The van der Waals surface area contributed by atoms with Crippen LogP contribution < -0.4 is 15.4 Å². The molecule has 1 aromatic carbocycles. The van der Waals surface area contributed by atoms with Crippen molar-refractivity contribution >= 4 is 55.0 Å². The number of benzene rings is 1. The van der Waals surface area contributed by atoms with E-state index in [1.807, 2.05) is 13.8 Å². The fourth-order valence-corrected chi connectivity index (χ4v) is 2.65. The first-order valence-corrected chi connectivity index (χ1v) is 7.51. The number of nitrogens with zero attached hydrogens (tertiary/aromatic N) is 1. The summed E-state index contributed by atoms with van der Waals surface area (Å²) in [6.07, 6.45) is 0.396. The van der Waals surface area contributed by atoms with Gasteiger partial charge in [-0.25, -0.2) is 0 Å². The predicted octanol–water partition coefficient (Wildman–Crippen LogP) is 2.59. The van der Waals surface area contributed by atoms with Gasteiger partial charge in [0.05, 0.1) is 0 Å². The summed E-state index contributed by atoms with van der Waals surface area (Å²) in [5.41, 5.74) is 3.10. The van der Waals surface area contributed by atoms with Crippen molar-refractivity contribution in [3.63, 3.8) is 0 Å². The molecule has 1 aliphatic heterocycles. The Morgan fingerprint density at radius 3 is 2.64 bits per heavy atom. The van der Waals surface area contributed by atoms with Crippen LogP contribution in [0.5, 0.6) is 5.75 Å². The van der Waals surface area contributed by atoms with E-state index in [9.17, 15) is 4.79 Å². The Balaban J connectivity index is 2.20. The van der Waals surface area contributed by atoms with E-state index in [1.165, 1.54) is 6.94 Å². The van der Waals surface area contributed by atoms with Crippen molar-refractivity contribution in [2.45, 2.75) is 20.3 Å². The van der Waals surface area contributed by atoms with E-state index in [2.05, 4.69) is 15.8 Å². The number of nitrogens with one attached hydrogen (secondary N) is 2. The fourth-order valence-electron chi connectivity index (χ4n) is 2.08. The molecular weight excluding hydrogens is 323 g/mol. The molecule has 1 heterocycles. The second-order valence-electron chi connectivity index (χ2n) is 5.22. The molecule has 1 aliphatic rings. The van der Waals surface area contributed by atoms with Crippen LogP contribution in [0, 0.1) is 11.8 Å². The van der Waals surface area contributed by atoms with E-state index in [0.717, 1.165) is 0 Å². The zero-order chi connectivity index (χ0) is 16.3. The molecule has 1 atom stereocenters. The van der Waals surface area contributed by atoms with Gasteiger partial charge in [-0.05, 0) is 0 Å². The number of anilines is 1. The molecule has 1 unspecified atom stereocenters. The molecule has 1 amide bonds. The summed E-state index contributed by atoms with van der Waals surface area (Å²) in [5, 5.41) is 7.34. The molecule has 0 aliphatic carbocycles. The molecule has 0 saturated heterocycles. The summed E-state index contributed by atoms with van der Waals surface area (Å²) in [4.78, 5) is 11.7. The maximum absolute atomic E-state index is 11.7. The average molecular weight is 337 g/mol. The molecule has 113 valence electrons. The maximum atomic E-state index is 11.7. The number of amides is 1. The van der Waals surface area contributed by atoms with Gasteiger partial charge in [0.15, 0.2) is 0 Å². The summed E-state index contributed by atoms with van der Waals surface area (Å²) < 4.78 is 5.68. The van der Waals surface area contributed by atoms with Gasteiger partial charge in [0.1, 0.15) is 0 Å². The van der Waals surface area contributed by atoms with E-state index in [1.54, 1.807) is 12.1 Å². The molecule has 0 aromatic heterocycles. The van der Waals surface area contributed by atoms with Gasteiger partial charge in [0.25, 0.3) is 0 Å². The molecular formula is C13H14B2Cl2N3O2. The summed E-state index contributed by atoms with van der Waals surface area (Å²) in [6, 6.07) is 3.27. The van der Waals surface area contributed by atoms with E-state index in [-0.39, 0.29) is 17.7 Å². The molecule has 5 nitrogen and oxygen atoms in total. The first-order valence-electron chi connectivity index (χ1n) is 6.75. The van der Waals surface area contributed by atoms with Crippen LogP contribution >= 0.6 is 23.2 Å². The van der Waals surface area contributed by atoms with E-state index >= 15 is 0 Å². The van der Waals surface area contributed by atoms with Crippen LogP contribution in [0.3, 0.4) is 0 Å². The number of rotatable bonds is 4. The number of hydrazone groups is 1. The molecule has 0 saturated carbocycles. The first kappa shape index (κ1) is 17.0. The molecule has 2 rings (SSSR count). The number of carbonyl (C=O) groups is 1. The molecule has 0 bridgehead atoms. The summed E-state index contributed by atoms with van der Waals surface area (Å²) in [5.74, 6) is 0.527. The standard InChI is InChI=1S/C13H14B2Cl2N3O2/c1-6(2)8-5-11(19-20-13(8)21)22-12-9(16)3-7(18-15-14)4-10(12)17/h3-4,6,8,18H,5H2,1-2H3,(H,20,21). The summed E-state index contributed by atoms with van der Waals surface area (Å²) in [6.45, 7) is 5.21. The van der Waals surface area contributed by atoms with Crippen LogP contribution in [-0.2, 0) is 4.79 Å². The van der Waals surface area contributed by atoms with Crippen molar-refractivity contribution in [2.75, 3.05) is 5.23 Å². The Morgan fingerprint density at radius 2 is 2.09 bits per heavy atom. The third-order valence-corrected chi connectivity index (χ3v) is 3.86. The number of ether oxygens (including phenoxy) is 1. The molecule has 22 heavy (non-hydrogen) atoms. The quantitative estimate of drug-likeness (QED) is 0.831. The molecule has 0 spiro atoms. The normalized spacial score (nSPS) is 17.5. The van der Waals surface area contributed by atoms with Crippen LogP contribution in [-0.4, -0.2) is 26.1 Å². The van der Waals surface area contributed by atoms with Gasteiger partial charge in [-0.1, -0.05) is 0 Å². The van der Waals surface area contributed by atoms with Gasteiger partial charge >= 0.3 is 140 Å². The van der Waals surface area contributed by atoms with Gasteiger partial charge in [-0.2, -0.15) is 0 Å². The first-order chi connectivity index (χ1) is 10.4. The summed E-state index contributed by atoms with van der Waals surface area (Å²) >= 11 is 12.3. The van der Waals surface area contributed by atoms with Gasteiger partial charge in [0, 0.05) is 0 Å². The van der Waals surface area contributed by atoms with Gasteiger partial charge in [-0.15, -0.1) is 0 Å². The van der Waals surface area contributed by atoms with Crippen molar-refractivity contribution in [3.05, 3.63) is 22.2 Å². The van der Waals surface area contributed by atoms with Crippen molar-refractivity contribution in [1.29, 1.82) is 0 Å². The molecule has 1 aromatic rings. The van der Waals surface area contributed by atoms with Gasteiger partial charge in [-0.3, -0.25) is 0 Å². The van der Waals surface area contributed by atoms with Crippen LogP contribution in [0.1, 0.15) is 20.3 Å². The molecule has 1 radical (unpaired) electrons. The second kappa shape index (κ2) is 7.29. The Bertz CT molecular complexity index is 615. The Kier molecular flexibility index (Phi) is 5.64. The third-order valence-electron chi connectivity index (χ3n) is 3.29. The Hall–Kier alpha value is -1.33. The monoisotopic (exact) mass is 336 g/mol. The fraction of sp³-hybridized carbons (Fsp3) is 0.385. The molecule has 0 fully saturated rings. The third kappa shape index (κ3) is 3.90. The Labute approximate surface area is 140 Å². The van der Waals surface area contributed by atoms with Gasteiger partial charge < -0.3 is 0 Å². The topological polar surface area (TPSA) is 62.7 Å². The number of hydrogen-bond donors (Lipinski definition) is 2. The minimum absolute atomic E-state index is 0.113. The minimum atomic E-state index is -0.196. The average Bonchev–Trinajstić information content (AvgIpc) is 2.44. The number of hydrogen-bond acceptors (Lipinski definition) is 4. The van der Waals surface area contributed by atoms with Crippen LogP contribution in [0.2, 0.25) is 10.0 Å². The van der Waals surface area contributed by atoms with E-state index in [0.29, 0.717) is 33.8 Å². The van der Waals surface area contributed by atoms with E-state index < -0.39 is 0 Å². The van der Waals surface area contributed by atoms with Crippen LogP contribution in [0.15, 0.2) is 17.2 Å². The number of halogens is 2. The SMILES string of the molecule is [B]=BNc1cc(Cl)c(OC2=NNC(=O)C(C(C)C)C2)c(Cl)c1. The van der Waals surface area contributed by atoms with Gasteiger partial charge in [0.2, 0.25) is 0 Å². The predicted molar refractivity (Wildman–Crippen MR) is 90.7 cm³/mol. The van der Waals surface area contributed by atoms with Crippen LogP contribution in [0.4, 0.5) is 5.69 Å². The Morgan fingerprint density at radius 1 is 1.45 bits per heavy atom. The van der Waals surface area contributed by atoms with Crippen LogP contribution in [0.25, 0.3) is 0 Å². The summed E-state index contributed by atoms with van der Waals surface area (Å²) in [7, 11) is 5.29. The van der Waals surface area contributed by atoms with Crippen molar-refractivity contribution in [2.24, 2.45) is 16.9 Å². The van der Waals surface area contributed by atoms with Crippen molar-refractivity contribution in [1.82, 2.24) is 5.43 Å². The molecule has 2 N–H and O–H groups in total. The molecule has 9 heteroatoms. The second-order valence-corrected chi connectivity index (χ2v) is 6.03. The zero-order valence-electron chi connectivity index (χ0n) is 12.2. The zero-order valence-corrected chi connectivity index (χ0v) is 13.7.